The van der Waals surface area contributed by atoms with Crippen molar-refractivity contribution >= 4 is 16.5 Å². The fourth-order valence-electron chi connectivity index (χ4n) is 2.44. The monoisotopic (exact) mass is 277 g/mol. The van der Waals surface area contributed by atoms with E-state index < -0.39 is 0 Å². The molecule has 2 nitrogen and oxygen atoms in total. The molecule has 0 atom stereocenters. The Morgan fingerprint density at radius 3 is 2.52 bits per heavy atom. The standard InChI is InChI=1S/C19H19NO/c1-15-7-2-5-11-18(15)20-13-14-21-19-12-6-9-16-8-3-4-10-17(16)19/h2-12,20H,13-14H2,1H3. The molecule has 21 heavy (non-hydrogen) atoms. The van der Waals surface area contributed by atoms with Crippen LogP contribution in [-0.2, 0) is 0 Å². The molecule has 1 N–H and O–H groups in total. The maximum Gasteiger partial charge on any atom is 0.127 e. The quantitative estimate of drug-likeness (QED) is 0.686. The van der Waals surface area contributed by atoms with Crippen molar-refractivity contribution in [2.75, 3.05) is 18.5 Å². The summed E-state index contributed by atoms with van der Waals surface area (Å²) in [5.74, 6) is 0.944. The summed E-state index contributed by atoms with van der Waals surface area (Å²) >= 11 is 0. The zero-order chi connectivity index (χ0) is 14.5. The van der Waals surface area contributed by atoms with Gasteiger partial charge in [-0.05, 0) is 30.0 Å². The lowest BCUT2D eigenvalue weighted by atomic mass is 10.1. The first-order valence-electron chi connectivity index (χ1n) is 7.25. The summed E-state index contributed by atoms with van der Waals surface area (Å²) in [6, 6.07) is 22.7. The molecule has 0 aliphatic carbocycles. The lowest BCUT2D eigenvalue weighted by Crippen LogP contribution is -2.12. The molecule has 0 heterocycles. The van der Waals surface area contributed by atoms with E-state index in [0.717, 1.165) is 17.7 Å². The van der Waals surface area contributed by atoms with Crippen LogP contribution in [0.4, 0.5) is 5.69 Å². The largest absolute Gasteiger partial charge is 0.491 e. The number of aryl methyl sites for hydroxylation is 1. The summed E-state index contributed by atoms with van der Waals surface area (Å²) in [6.07, 6.45) is 0. The molecule has 106 valence electrons. The SMILES string of the molecule is Cc1ccccc1NCCOc1cccc2ccccc12. The summed E-state index contributed by atoms with van der Waals surface area (Å²) in [6.45, 7) is 3.53. The molecule has 3 rings (SSSR count). The normalized spacial score (nSPS) is 10.5. The van der Waals surface area contributed by atoms with Gasteiger partial charge in [-0.1, -0.05) is 54.6 Å². The molecular weight excluding hydrogens is 258 g/mol. The van der Waals surface area contributed by atoms with E-state index in [4.69, 9.17) is 4.74 Å². The molecule has 0 spiro atoms. The van der Waals surface area contributed by atoms with Gasteiger partial charge in [-0.2, -0.15) is 0 Å². The second-order valence-electron chi connectivity index (χ2n) is 5.07. The van der Waals surface area contributed by atoms with Crippen LogP contribution in [0.5, 0.6) is 5.75 Å². The lowest BCUT2D eigenvalue weighted by molar-refractivity contribution is 0.337. The fraction of sp³-hybridized carbons (Fsp3) is 0.158. The Morgan fingerprint density at radius 2 is 1.62 bits per heavy atom. The van der Waals surface area contributed by atoms with Gasteiger partial charge < -0.3 is 10.1 Å². The van der Waals surface area contributed by atoms with Crippen LogP contribution in [0.1, 0.15) is 5.56 Å². The Bertz CT molecular complexity index is 731. The lowest BCUT2D eigenvalue weighted by Gasteiger charge is -2.12. The number of anilines is 1. The van der Waals surface area contributed by atoms with E-state index in [2.05, 4.69) is 42.6 Å². The number of nitrogens with one attached hydrogen (secondary N) is 1. The van der Waals surface area contributed by atoms with E-state index in [1.165, 1.54) is 16.6 Å². The smallest absolute Gasteiger partial charge is 0.127 e. The maximum atomic E-state index is 5.92. The summed E-state index contributed by atoms with van der Waals surface area (Å²) in [7, 11) is 0. The van der Waals surface area contributed by atoms with Crippen molar-refractivity contribution in [3.05, 3.63) is 72.3 Å². The molecule has 0 bridgehead atoms. The molecule has 0 radical (unpaired) electrons. The number of ether oxygens (including phenoxy) is 1. The number of hydrogen-bond acceptors (Lipinski definition) is 2. The molecule has 0 aromatic heterocycles. The molecule has 0 aliphatic rings. The van der Waals surface area contributed by atoms with E-state index in [-0.39, 0.29) is 0 Å². The van der Waals surface area contributed by atoms with Crippen molar-refractivity contribution in [1.29, 1.82) is 0 Å². The first-order valence-corrected chi connectivity index (χ1v) is 7.25. The number of para-hydroxylation sites is 1. The van der Waals surface area contributed by atoms with Crippen LogP contribution >= 0.6 is 0 Å². The van der Waals surface area contributed by atoms with Crippen molar-refractivity contribution in [1.82, 2.24) is 0 Å². The average Bonchev–Trinajstić information content (AvgIpc) is 2.53. The van der Waals surface area contributed by atoms with Crippen LogP contribution in [0.3, 0.4) is 0 Å². The third kappa shape index (κ3) is 3.16. The Kier molecular flexibility index (Phi) is 4.06. The Labute approximate surface area is 125 Å². The Morgan fingerprint density at radius 1 is 0.857 bits per heavy atom. The molecule has 0 saturated carbocycles. The van der Waals surface area contributed by atoms with Gasteiger partial charge in [0, 0.05) is 17.6 Å². The predicted molar refractivity (Wildman–Crippen MR) is 89.1 cm³/mol. The van der Waals surface area contributed by atoms with Crippen LogP contribution in [0.2, 0.25) is 0 Å². The third-order valence-corrected chi connectivity index (χ3v) is 3.57. The second kappa shape index (κ2) is 6.31. The first kappa shape index (κ1) is 13.5. The molecular formula is C19H19NO. The summed E-state index contributed by atoms with van der Waals surface area (Å²) < 4.78 is 5.92. The topological polar surface area (TPSA) is 21.3 Å². The Hall–Kier alpha value is -2.48. The molecule has 3 aromatic rings. The number of fused-ring (bicyclic) bond motifs is 1. The van der Waals surface area contributed by atoms with Crippen molar-refractivity contribution in [3.63, 3.8) is 0 Å². The zero-order valence-electron chi connectivity index (χ0n) is 12.2. The summed E-state index contributed by atoms with van der Waals surface area (Å²) in [4.78, 5) is 0. The van der Waals surface area contributed by atoms with Gasteiger partial charge in [0.2, 0.25) is 0 Å². The number of hydrogen-bond donors (Lipinski definition) is 1. The highest BCUT2D eigenvalue weighted by Crippen LogP contribution is 2.25. The molecule has 3 aromatic carbocycles. The molecule has 2 heteroatoms. The van der Waals surface area contributed by atoms with Gasteiger partial charge in [0.05, 0.1) is 0 Å². The fourth-order valence-corrected chi connectivity index (χ4v) is 2.44. The molecule has 0 amide bonds. The predicted octanol–water partition coefficient (Wildman–Crippen LogP) is 4.64. The highest BCUT2D eigenvalue weighted by molar-refractivity contribution is 5.88. The minimum Gasteiger partial charge on any atom is -0.491 e. The van der Waals surface area contributed by atoms with Gasteiger partial charge in [-0.25, -0.2) is 0 Å². The highest BCUT2D eigenvalue weighted by atomic mass is 16.5. The van der Waals surface area contributed by atoms with Gasteiger partial charge >= 0.3 is 0 Å². The number of rotatable bonds is 5. The molecule has 0 fully saturated rings. The van der Waals surface area contributed by atoms with E-state index in [0.29, 0.717) is 6.61 Å². The van der Waals surface area contributed by atoms with Crippen molar-refractivity contribution in [2.45, 2.75) is 6.92 Å². The van der Waals surface area contributed by atoms with Crippen LogP contribution < -0.4 is 10.1 Å². The molecule has 0 unspecified atom stereocenters. The minimum atomic E-state index is 0.641. The van der Waals surface area contributed by atoms with E-state index in [1.54, 1.807) is 0 Å². The maximum absolute atomic E-state index is 5.92. The van der Waals surface area contributed by atoms with Gasteiger partial charge in [-0.3, -0.25) is 0 Å². The highest BCUT2D eigenvalue weighted by Gasteiger charge is 2.01. The van der Waals surface area contributed by atoms with Gasteiger partial charge in [0.1, 0.15) is 12.4 Å². The summed E-state index contributed by atoms with van der Waals surface area (Å²) in [5.41, 5.74) is 2.42. The average molecular weight is 277 g/mol. The van der Waals surface area contributed by atoms with E-state index in [9.17, 15) is 0 Å². The Balaban J connectivity index is 1.61. The van der Waals surface area contributed by atoms with Crippen molar-refractivity contribution < 1.29 is 4.74 Å². The van der Waals surface area contributed by atoms with Crippen LogP contribution in [0.25, 0.3) is 10.8 Å². The third-order valence-electron chi connectivity index (χ3n) is 3.57. The van der Waals surface area contributed by atoms with Gasteiger partial charge in [0.15, 0.2) is 0 Å². The zero-order valence-corrected chi connectivity index (χ0v) is 12.2. The van der Waals surface area contributed by atoms with Crippen LogP contribution in [-0.4, -0.2) is 13.2 Å². The van der Waals surface area contributed by atoms with Crippen LogP contribution in [0.15, 0.2) is 66.7 Å². The number of benzene rings is 3. The van der Waals surface area contributed by atoms with Gasteiger partial charge in [0.25, 0.3) is 0 Å². The molecule has 0 saturated heterocycles. The van der Waals surface area contributed by atoms with E-state index in [1.807, 2.05) is 36.4 Å². The minimum absolute atomic E-state index is 0.641. The second-order valence-corrected chi connectivity index (χ2v) is 5.07. The van der Waals surface area contributed by atoms with Crippen LogP contribution in [0, 0.1) is 6.92 Å². The first-order chi connectivity index (χ1) is 10.3. The molecule has 0 aliphatic heterocycles. The summed E-state index contributed by atoms with van der Waals surface area (Å²) in [5, 5.41) is 5.78. The van der Waals surface area contributed by atoms with Gasteiger partial charge in [-0.15, -0.1) is 0 Å². The van der Waals surface area contributed by atoms with Crippen molar-refractivity contribution in [3.8, 4) is 5.75 Å². The van der Waals surface area contributed by atoms with Crippen molar-refractivity contribution in [2.24, 2.45) is 0 Å². The van der Waals surface area contributed by atoms with E-state index >= 15 is 0 Å².